The SMILES string of the molecule is CCN(CC)CCOC(=O)c1ccc(NC)c(OCCCCI)c1. The van der Waals surface area contributed by atoms with Crippen molar-refractivity contribution >= 4 is 34.2 Å². The molecule has 136 valence electrons. The minimum atomic E-state index is -0.304. The van der Waals surface area contributed by atoms with E-state index in [0.29, 0.717) is 24.5 Å². The first-order valence-corrected chi connectivity index (χ1v) is 10.1. The average molecular weight is 448 g/mol. The predicted molar refractivity (Wildman–Crippen MR) is 108 cm³/mol. The molecular formula is C18H29IN2O3. The second-order valence-corrected chi connectivity index (χ2v) is 6.45. The molecule has 0 radical (unpaired) electrons. The van der Waals surface area contributed by atoms with Gasteiger partial charge in [0.25, 0.3) is 0 Å². The second-order valence-electron chi connectivity index (χ2n) is 5.37. The quantitative estimate of drug-likeness (QED) is 0.228. The van der Waals surface area contributed by atoms with Gasteiger partial charge in [0, 0.05) is 13.6 Å². The summed E-state index contributed by atoms with van der Waals surface area (Å²) >= 11 is 2.36. The third kappa shape index (κ3) is 7.25. The standard InChI is InChI=1S/C18H29IN2O3/c1-4-21(5-2)11-13-24-18(22)15-8-9-16(20-3)17(14-15)23-12-7-6-10-19/h8-9,14,20H,4-7,10-13H2,1-3H3. The molecule has 0 atom stereocenters. The molecule has 24 heavy (non-hydrogen) atoms. The van der Waals surface area contributed by atoms with E-state index < -0.39 is 0 Å². The first-order chi connectivity index (χ1) is 11.7. The van der Waals surface area contributed by atoms with Gasteiger partial charge in [-0.15, -0.1) is 0 Å². The maximum absolute atomic E-state index is 12.2. The normalized spacial score (nSPS) is 10.7. The number of rotatable bonds is 12. The molecule has 0 aliphatic heterocycles. The van der Waals surface area contributed by atoms with Gasteiger partial charge < -0.3 is 19.7 Å². The summed E-state index contributed by atoms with van der Waals surface area (Å²) in [6.45, 7) is 7.93. The van der Waals surface area contributed by atoms with Crippen molar-refractivity contribution in [3.8, 4) is 5.75 Å². The number of alkyl halides is 1. The number of carbonyl (C=O) groups excluding carboxylic acids is 1. The zero-order valence-electron chi connectivity index (χ0n) is 14.9. The van der Waals surface area contributed by atoms with Crippen LogP contribution < -0.4 is 10.1 Å². The average Bonchev–Trinajstić information content (AvgIpc) is 2.62. The number of nitrogens with zero attached hydrogens (tertiary/aromatic N) is 1. The highest BCUT2D eigenvalue weighted by atomic mass is 127. The molecular weight excluding hydrogens is 419 g/mol. The number of hydrogen-bond acceptors (Lipinski definition) is 5. The van der Waals surface area contributed by atoms with Crippen LogP contribution in [0.5, 0.6) is 5.75 Å². The van der Waals surface area contributed by atoms with Crippen LogP contribution in [0.2, 0.25) is 0 Å². The van der Waals surface area contributed by atoms with Crippen molar-refractivity contribution in [2.45, 2.75) is 26.7 Å². The van der Waals surface area contributed by atoms with Crippen LogP contribution in [0.4, 0.5) is 5.69 Å². The van der Waals surface area contributed by atoms with Crippen molar-refractivity contribution in [3.63, 3.8) is 0 Å². The summed E-state index contributed by atoms with van der Waals surface area (Å²) in [5.41, 5.74) is 1.40. The molecule has 6 heteroatoms. The molecule has 0 aliphatic carbocycles. The van der Waals surface area contributed by atoms with E-state index in [1.165, 1.54) is 0 Å². The lowest BCUT2D eigenvalue weighted by molar-refractivity contribution is 0.0466. The van der Waals surface area contributed by atoms with Crippen molar-refractivity contribution in [1.29, 1.82) is 0 Å². The van der Waals surface area contributed by atoms with Gasteiger partial charge in [0.2, 0.25) is 0 Å². The minimum absolute atomic E-state index is 0.304. The summed E-state index contributed by atoms with van der Waals surface area (Å²) < 4.78 is 12.3. The molecule has 0 heterocycles. The highest BCUT2D eigenvalue weighted by Crippen LogP contribution is 2.26. The molecule has 0 saturated carbocycles. The molecule has 0 aromatic heterocycles. The van der Waals surface area contributed by atoms with Gasteiger partial charge in [-0.25, -0.2) is 4.79 Å². The Hall–Kier alpha value is -1.02. The lowest BCUT2D eigenvalue weighted by atomic mass is 10.2. The van der Waals surface area contributed by atoms with Gasteiger partial charge in [0.1, 0.15) is 12.4 Å². The zero-order chi connectivity index (χ0) is 17.8. The number of nitrogens with one attached hydrogen (secondary N) is 1. The number of halogens is 1. The Bertz CT molecular complexity index is 493. The molecule has 0 spiro atoms. The molecule has 1 aromatic carbocycles. The Morgan fingerprint density at radius 2 is 1.96 bits per heavy atom. The fourth-order valence-electron chi connectivity index (χ4n) is 2.24. The first kappa shape index (κ1) is 21.0. The van der Waals surface area contributed by atoms with E-state index in [2.05, 4.69) is 46.7 Å². The summed E-state index contributed by atoms with van der Waals surface area (Å²) in [6.07, 6.45) is 2.13. The van der Waals surface area contributed by atoms with Crippen molar-refractivity contribution in [2.24, 2.45) is 0 Å². The van der Waals surface area contributed by atoms with Crippen molar-refractivity contribution in [3.05, 3.63) is 23.8 Å². The Morgan fingerprint density at radius 3 is 2.58 bits per heavy atom. The van der Waals surface area contributed by atoms with Gasteiger partial charge in [-0.1, -0.05) is 36.4 Å². The lowest BCUT2D eigenvalue weighted by Crippen LogP contribution is -2.27. The van der Waals surface area contributed by atoms with Crippen LogP contribution in [0.3, 0.4) is 0 Å². The predicted octanol–water partition coefficient (Wildman–Crippen LogP) is 3.82. The third-order valence-electron chi connectivity index (χ3n) is 3.81. The van der Waals surface area contributed by atoms with Crippen LogP contribution in [0.1, 0.15) is 37.0 Å². The molecule has 1 rings (SSSR count). The first-order valence-electron chi connectivity index (χ1n) is 8.56. The highest BCUT2D eigenvalue weighted by Gasteiger charge is 2.12. The van der Waals surface area contributed by atoms with Gasteiger partial charge in [0.05, 0.1) is 17.9 Å². The number of likely N-dealkylation sites (N-methyl/N-ethyl adjacent to an activating group) is 1. The van der Waals surface area contributed by atoms with Crippen LogP contribution in [0, 0.1) is 0 Å². The molecule has 5 nitrogen and oxygen atoms in total. The van der Waals surface area contributed by atoms with Gasteiger partial charge in [-0.2, -0.15) is 0 Å². The lowest BCUT2D eigenvalue weighted by Gasteiger charge is -2.17. The molecule has 1 N–H and O–H groups in total. The summed E-state index contributed by atoms with van der Waals surface area (Å²) in [7, 11) is 1.84. The largest absolute Gasteiger partial charge is 0.491 e. The molecule has 0 amide bonds. The van der Waals surface area contributed by atoms with Crippen molar-refractivity contribution in [1.82, 2.24) is 4.90 Å². The summed E-state index contributed by atoms with van der Waals surface area (Å²) in [4.78, 5) is 14.4. The number of ether oxygens (including phenoxy) is 2. The number of unbranched alkanes of at least 4 members (excludes halogenated alkanes) is 1. The number of hydrogen-bond donors (Lipinski definition) is 1. The monoisotopic (exact) mass is 448 g/mol. The Labute approximate surface area is 159 Å². The molecule has 0 aliphatic rings. The number of anilines is 1. The smallest absolute Gasteiger partial charge is 0.338 e. The van der Waals surface area contributed by atoms with Crippen LogP contribution >= 0.6 is 22.6 Å². The minimum Gasteiger partial charge on any atom is -0.491 e. The van der Waals surface area contributed by atoms with Crippen LogP contribution in [0.15, 0.2) is 18.2 Å². The topological polar surface area (TPSA) is 50.8 Å². The van der Waals surface area contributed by atoms with Crippen LogP contribution in [0.25, 0.3) is 0 Å². The van der Waals surface area contributed by atoms with Crippen LogP contribution in [-0.4, -0.2) is 55.2 Å². The third-order valence-corrected chi connectivity index (χ3v) is 4.57. The maximum Gasteiger partial charge on any atom is 0.338 e. The fourth-order valence-corrected chi connectivity index (χ4v) is 2.78. The zero-order valence-corrected chi connectivity index (χ0v) is 17.1. The molecule has 0 fully saturated rings. The molecule has 1 aromatic rings. The van der Waals surface area contributed by atoms with Gasteiger partial charge in [-0.3, -0.25) is 0 Å². The van der Waals surface area contributed by atoms with Gasteiger partial charge in [-0.05, 0) is 48.6 Å². The van der Waals surface area contributed by atoms with Crippen molar-refractivity contribution < 1.29 is 14.3 Å². The molecule has 0 saturated heterocycles. The Kier molecular flexibility index (Phi) is 10.8. The van der Waals surface area contributed by atoms with E-state index >= 15 is 0 Å². The van der Waals surface area contributed by atoms with Crippen molar-refractivity contribution in [2.75, 3.05) is 49.6 Å². The second kappa shape index (κ2) is 12.4. The van der Waals surface area contributed by atoms with E-state index in [4.69, 9.17) is 9.47 Å². The van der Waals surface area contributed by atoms with E-state index in [0.717, 1.165) is 42.6 Å². The Morgan fingerprint density at radius 1 is 1.21 bits per heavy atom. The number of esters is 1. The summed E-state index contributed by atoms with van der Waals surface area (Å²) in [5.74, 6) is 0.395. The molecule has 0 bridgehead atoms. The van der Waals surface area contributed by atoms with E-state index in [1.54, 1.807) is 12.1 Å². The van der Waals surface area contributed by atoms with E-state index in [-0.39, 0.29) is 5.97 Å². The van der Waals surface area contributed by atoms with E-state index in [1.807, 2.05) is 13.1 Å². The molecule has 0 unspecified atom stereocenters. The maximum atomic E-state index is 12.2. The summed E-state index contributed by atoms with van der Waals surface area (Å²) in [6, 6.07) is 5.38. The highest BCUT2D eigenvalue weighted by molar-refractivity contribution is 14.1. The number of carbonyl (C=O) groups is 1. The van der Waals surface area contributed by atoms with E-state index in [9.17, 15) is 4.79 Å². The fraction of sp³-hybridized carbons (Fsp3) is 0.611. The van der Waals surface area contributed by atoms with Crippen LogP contribution in [-0.2, 0) is 4.74 Å². The summed E-state index contributed by atoms with van der Waals surface area (Å²) in [5, 5.41) is 3.09. The number of benzene rings is 1. The Balaban J connectivity index is 2.61. The van der Waals surface area contributed by atoms with Gasteiger partial charge >= 0.3 is 5.97 Å². The van der Waals surface area contributed by atoms with Gasteiger partial charge in [0.15, 0.2) is 0 Å².